The molecule has 0 aliphatic carbocycles. The first-order chi connectivity index (χ1) is 13.2. The molecular formula is C20H27IN6O. The van der Waals surface area contributed by atoms with Gasteiger partial charge in [0.2, 0.25) is 5.89 Å². The summed E-state index contributed by atoms with van der Waals surface area (Å²) in [5.41, 5.74) is 3.30. The van der Waals surface area contributed by atoms with Gasteiger partial charge in [-0.1, -0.05) is 24.3 Å². The third kappa shape index (κ3) is 6.08. The van der Waals surface area contributed by atoms with E-state index in [4.69, 9.17) is 9.41 Å². The van der Waals surface area contributed by atoms with Gasteiger partial charge in [-0.2, -0.15) is 5.10 Å². The number of hydrogen-bond donors (Lipinski definition) is 2. The van der Waals surface area contributed by atoms with Crippen LogP contribution in [0.15, 0.2) is 52.1 Å². The number of nitrogens with one attached hydrogen (secondary N) is 2. The molecule has 3 rings (SSSR count). The first kappa shape index (κ1) is 21.9. The minimum Gasteiger partial charge on any atom is -0.444 e. The predicted octanol–water partition coefficient (Wildman–Crippen LogP) is 3.41. The lowest BCUT2D eigenvalue weighted by Crippen LogP contribution is -2.36. The summed E-state index contributed by atoms with van der Waals surface area (Å²) in [4.78, 5) is 9.11. The van der Waals surface area contributed by atoms with Gasteiger partial charge in [0.15, 0.2) is 5.96 Å². The average Bonchev–Trinajstić information content (AvgIpc) is 3.28. The van der Waals surface area contributed by atoms with E-state index in [0.717, 1.165) is 30.5 Å². The van der Waals surface area contributed by atoms with Crippen LogP contribution < -0.4 is 10.6 Å². The predicted molar refractivity (Wildman–Crippen MR) is 121 cm³/mol. The molecule has 8 heteroatoms. The third-order valence-corrected chi connectivity index (χ3v) is 4.24. The Hall–Kier alpha value is -2.36. The van der Waals surface area contributed by atoms with Crippen molar-refractivity contribution in [1.29, 1.82) is 0 Å². The normalized spacial score (nSPS) is 11.2. The number of guanidine groups is 1. The van der Waals surface area contributed by atoms with Crippen LogP contribution in [0.4, 0.5) is 0 Å². The van der Waals surface area contributed by atoms with Gasteiger partial charge in [0.1, 0.15) is 5.76 Å². The standard InChI is InChI=1S/C20H26N6O.HI/c1-4-21-20(23-13-19-25-15(2)16(3)27-19)22-12-17-8-5-6-9-18(17)14-26-11-7-10-24-26;/h5-11H,4,12-14H2,1-3H3,(H2,21,22,23);1H. The summed E-state index contributed by atoms with van der Waals surface area (Å²) in [5.74, 6) is 2.25. The van der Waals surface area contributed by atoms with Gasteiger partial charge in [-0.3, -0.25) is 4.68 Å². The van der Waals surface area contributed by atoms with Crippen LogP contribution in [0.2, 0.25) is 0 Å². The highest BCUT2D eigenvalue weighted by atomic mass is 127. The van der Waals surface area contributed by atoms with E-state index in [2.05, 4.69) is 32.8 Å². The number of hydrogen-bond acceptors (Lipinski definition) is 4. The number of nitrogens with zero attached hydrogens (tertiary/aromatic N) is 4. The molecule has 150 valence electrons. The highest BCUT2D eigenvalue weighted by Gasteiger charge is 2.07. The molecule has 1 aromatic carbocycles. The first-order valence-corrected chi connectivity index (χ1v) is 9.15. The van der Waals surface area contributed by atoms with E-state index in [1.54, 1.807) is 6.20 Å². The van der Waals surface area contributed by atoms with Gasteiger partial charge in [0.25, 0.3) is 0 Å². The number of aliphatic imine (C=N–C) groups is 1. The van der Waals surface area contributed by atoms with Crippen molar-refractivity contribution in [2.24, 2.45) is 4.99 Å². The lowest BCUT2D eigenvalue weighted by Gasteiger charge is -2.11. The maximum atomic E-state index is 5.62. The van der Waals surface area contributed by atoms with Crippen LogP contribution in [0, 0.1) is 13.8 Å². The van der Waals surface area contributed by atoms with Crippen LogP contribution in [0.25, 0.3) is 0 Å². The number of aromatic nitrogens is 3. The monoisotopic (exact) mass is 494 g/mol. The smallest absolute Gasteiger partial charge is 0.214 e. The van der Waals surface area contributed by atoms with Gasteiger partial charge in [-0.05, 0) is 38.0 Å². The largest absolute Gasteiger partial charge is 0.444 e. The van der Waals surface area contributed by atoms with Crippen molar-refractivity contribution >= 4 is 29.9 Å². The van der Waals surface area contributed by atoms with Gasteiger partial charge >= 0.3 is 0 Å². The molecular weight excluding hydrogens is 467 g/mol. The highest BCUT2D eigenvalue weighted by molar-refractivity contribution is 14.0. The van der Waals surface area contributed by atoms with Crippen molar-refractivity contribution in [3.05, 3.63) is 71.2 Å². The van der Waals surface area contributed by atoms with Crippen molar-refractivity contribution in [3.63, 3.8) is 0 Å². The summed E-state index contributed by atoms with van der Waals surface area (Å²) in [6, 6.07) is 10.2. The topological polar surface area (TPSA) is 80.3 Å². The van der Waals surface area contributed by atoms with E-state index < -0.39 is 0 Å². The Morgan fingerprint density at radius 3 is 2.57 bits per heavy atom. The fourth-order valence-corrected chi connectivity index (χ4v) is 2.71. The second-order valence-electron chi connectivity index (χ2n) is 6.27. The van der Waals surface area contributed by atoms with E-state index in [-0.39, 0.29) is 24.0 Å². The second kappa shape index (κ2) is 10.8. The molecule has 0 aliphatic rings. The molecule has 0 aliphatic heterocycles. The van der Waals surface area contributed by atoms with Crippen molar-refractivity contribution in [1.82, 2.24) is 25.4 Å². The Morgan fingerprint density at radius 2 is 1.93 bits per heavy atom. The molecule has 0 unspecified atom stereocenters. The van der Waals surface area contributed by atoms with Crippen LogP contribution >= 0.6 is 24.0 Å². The molecule has 0 amide bonds. The molecule has 0 bridgehead atoms. The lowest BCUT2D eigenvalue weighted by molar-refractivity contribution is 0.463. The SMILES string of the molecule is CCNC(=NCc1ccccc1Cn1cccn1)NCc1nc(C)c(C)o1.I. The van der Waals surface area contributed by atoms with Crippen molar-refractivity contribution < 1.29 is 4.42 Å². The number of rotatable bonds is 7. The van der Waals surface area contributed by atoms with Gasteiger partial charge in [0.05, 0.1) is 25.3 Å². The summed E-state index contributed by atoms with van der Waals surface area (Å²) in [7, 11) is 0. The molecule has 2 aromatic heterocycles. The first-order valence-electron chi connectivity index (χ1n) is 9.15. The fraction of sp³-hybridized carbons (Fsp3) is 0.350. The Labute approximate surface area is 182 Å². The highest BCUT2D eigenvalue weighted by Crippen LogP contribution is 2.12. The van der Waals surface area contributed by atoms with Crippen molar-refractivity contribution in [2.45, 2.75) is 40.4 Å². The zero-order valence-corrected chi connectivity index (χ0v) is 18.8. The Kier molecular flexibility index (Phi) is 8.49. The average molecular weight is 494 g/mol. The molecule has 7 nitrogen and oxygen atoms in total. The summed E-state index contributed by atoms with van der Waals surface area (Å²) in [6.45, 7) is 8.50. The molecule has 0 fully saturated rings. The molecule has 3 aromatic rings. The van der Waals surface area contributed by atoms with E-state index in [1.807, 2.05) is 49.8 Å². The molecule has 2 N–H and O–H groups in total. The van der Waals surface area contributed by atoms with Gasteiger partial charge < -0.3 is 15.1 Å². The Balaban J connectivity index is 0.00000280. The molecule has 0 atom stereocenters. The van der Waals surface area contributed by atoms with Crippen LogP contribution in [-0.4, -0.2) is 27.3 Å². The van der Waals surface area contributed by atoms with Crippen LogP contribution in [0.3, 0.4) is 0 Å². The van der Waals surface area contributed by atoms with E-state index in [0.29, 0.717) is 19.0 Å². The molecule has 0 saturated heterocycles. The molecule has 2 heterocycles. The van der Waals surface area contributed by atoms with Crippen LogP contribution in [0.1, 0.15) is 35.4 Å². The van der Waals surface area contributed by atoms with Gasteiger partial charge in [-0.25, -0.2) is 9.98 Å². The summed E-state index contributed by atoms with van der Waals surface area (Å²) in [6.07, 6.45) is 3.76. The van der Waals surface area contributed by atoms with Crippen LogP contribution in [-0.2, 0) is 19.6 Å². The van der Waals surface area contributed by atoms with Gasteiger partial charge in [-0.15, -0.1) is 24.0 Å². The lowest BCUT2D eigenvalue weighted by atomic mass is 10.1. The number of oxazole rings is 1. The van der Waals surface area contributed by atoms with E-state index in [1.165, 1.54) is 11.1 Å². The fourth-order valence-electron chi connectivity index (χ4n) is 2.71. The molecule has 0 radical (unpaired) electrons. The molecule has 0 spiro atoms. The minimum absolute atomic E-state index is 0. The Bertz CT molecular complexity index is 869. The third-order valence-electron chi connectivity index (χ3n) is 4.24. The molecule has 28 heavy (non-hydrogen) atoms. The zero-order chi connectivity index (χ0) is 19.1. The van der Waals surface area contributed by atoms with Crippen LogP contribution in [0.5, 0.6) is 0 Å². The van der Waals surface area contributed by atoms with Crippen molar-refractivity contribution in [3.8, 4) is 0 Å². The number of halogens is 1. The van der Waals surface area contributed by atoms with Crippen molar-refractivity contribution in [2.75, 3.05) is 6.54 Å². The minimum atomic E-state index is 0. The summed E-state index contributed by atoms with van der Waals surface area (Å²) in [5, 5.41) is 10.8. The second-order valence-corrected chi connectivity index (χ2v) is 6.27. The van der Waals surface area contributed by atoms with E-state index in [9.17, 15) is 0 Å². The quantitative estimate of drug-likeness (QED) is 0.299. The van der Waals surface area contributed by atoms with Gasteiger partial charge in [0, 0.05) is 18.9 Å². The Morgan fingerprint density at radius 1 is 1.14 bits per heavy atom. The number of benzene rings is 1. The maximum Gasteiger partial charge on any atom is 0.214 e. The summed E-state index contributed by atoms with van der Waals surface area (Å²) >= 11 is 0. The molecule has 0 saturated carbocycles. The number of aryl methyl sites for hydroxylation is 2. The zero-order valence-electron chi connectivity index (χ0n) is 16.5. The van der Waals surface area contributed by atoms with E-state index >= 15 is 0 Å². The maximum absolute atomic E-state index is 5.62. The summed E-state index contributed by atoms with van der Waals surface area (Å²) < 4.78 is 7.53.